The lowest BCUT2D eigenvalue weighted by atomic mass is 10.3. The Morgan fingerprint density at radius 1 is 1.08 bits per heavy atom. The van der Waals surface area contributed by atoms with Crippen molar-refractivity contribution in [3.8, 4) is 0 Å². The summed E-state index contributed by atoms with van der Waals surface area (Å²) in [6.07, 6.45) is -3.15. The third kappa shape index (κ3) is 3.17. The molecule has 7 nitrogen and oxygen atoms in total. The average molecular weight is 361 g/mol. The normalized spacial score (nSPS) is 12.1. The Labute approximate surface area is 145 Å². The molecule has 0 unspecified atom stereocenters. The number of aromatic amines is 1. The van der Waals surface area contributed by atoms with E-state index in [9.17, 15) is 13.2 Å². The summed E-state index contributed by atoms with van der Waals surface area (Å²) in [6, 6.07) is 10.8. The molecule has 0 atom stereocenters. The quantitative estimate of drug-likeness (QED) is 0.534. The highest BCUT2D eigenvalue weighted by atomic mass is 19.4. The molecule has 0 aliphatic heterocycles. The van der Waals surface area contributed by atoms with Crippen molar-refractivity contribution in [1.29, 1.82) is 0 Å². The molecule has 0 bridgehead atoms. The number of anilines is 1. The van der Waals surface area contributed by atoms with E-state index in [-0.39, 0.29) is 5.65 Å². The first-order valence-corrected chi connectivity index (χ1v) is 7.98. The molecule has 0 aliphatic rings. The number of alkyl halides is 3. The van der Waals surface area contributed by atoms with Gasteiger partial charge in [0.2, 0.25) is 0 Å². The first-order chi connectivity index (χ1) is 12.5. The van der Waals surface area contributed by atoms with Gasteiger partial charge in [0.15, 0.2) is 5.65 Å². The van der Waals surface area contributed by atoms with Crippen molar-refractivity contribution in [1.82, 2.24) is 29.8 Å². The summed E-state index contributed by atoms with van der Waals surface area (Å²) < 4.78 is 39.3. The van der Waals surface area contributed by atoms with Crippen molar-refractivity contribution in [2.24, 2.45) is 0 Å². The number of aryl methyl sites for hydroxylation is 1. The van der Waals surface area contributed by atoms with Crippen LogP contribution < -0.4 is 5.32 Å². The van der Waals surface area contributed by atoms with Crippen molar-refractivity contribution in [2.75, 3.05) is 11.9 Å². The molecule has 0 radical (unpaired) electrons. The number of H-pyrrole nitrogens is 1. The summed E-state index contributed by atoms with van der Waals surface area (Å²) in [4.78, 5) is 7.72. The zero-order valence-electron chi connectivity index (χ0n) is 13.5. The predicted octanol–water partition coefficient (Wildman–Crippen LogP) is 3.06. The number of nitrogens with zero attached hydrogens (tertiary/aromatic N) is 5. The highest BCUT2D eigenvalue weighted by Crippen LogP contribution is 2.27. The van der Waals surface area contributed by atoms with E-state index in [0.29, 0.717) is 23.3 Å². The maximum Gasteiger partial charge on any atom is 0.453 e. The van der Waals surface area contributed by atoms with Crippen LogP contribution in [0.1, 0.15) is 18.1 Å². The average Bonchev–Trinajstić information content (AvgIpc) is 3.21. The molecule has 0 spiro atoms. The summed E-state index contributed by atoms with van der Waals surface area (Å²) in [5.41, 5.74) is 1.94. The fraction of sp³-hybridized carbons (Fsp3) is 0.250. The van der Waals surface area contributed by atoms with Crippen LogP contribution in [0.15, 0.2) is 36.4 Å². The maximum atomic E-state index is 12.9. The highest BCUT2D eigenvalue weighted by molar-refractivity contribution is 5.74. The van der Waals surface area contributed by atoms with Gasteiger partial charge >= 0.3 is 6.18 Å². The molecular formula is C16H14F3N7. The molecule has 10 heteroatoms. The Morgan fingerprint density at radius 3 is 2.73 bits per heavy atom. The Bertz CT molecular complexity index is 1020. The third-order valence-corrected chi connectivity index (χ3v) is 3.85. The van der Waals surface area contributed by atoms with Crippen LogP contribution in [0.2, 0.25) is 0 Å². The molecule has 1 aromatic carbocycles. The molecular weight excluding hydrogens is 347 g/mol. The minimum absolute atomic E-state index is 0.0464. The number of hydrogen-bond donors (Lipinski definition) is 2. The molecule has 0 saturated carbocycles. The molecule has 2 N–H and O–H groups in total. The van der Waals surface area contributed by atoms with Gasteiger partial charge in [-0.2, -0.15) is 17.7 Å². The number of para-hydroxylation sites is 2. The number of fused-ring (bicyclic) bond motifs is 2. The highest BCUT2D eigenvalue weighted by Gasteiger charge is 2.37. The molecule has 26 heavy (non-hydrogen) atoms. The van der Waals surface area contributed by atoms with Crippen LogP contribution in [-0.4, -0.2) is 36.3 Å². The molecule has 3 heterocycles. The van der Waals surface area contributed by atoms with E-state index in [1.807, 2.05) is 24.3 Å². The molecule has 4 rings (SSSR count). The molecule has 0 fully saturated rings. The number of benzene rings is 1. The standard InChI is InChI=1S/C16H14F3N7/c17-16(18,19)15-24-23-14-8-7-12(25-26(14)15)20-9-3-6-13-21-10-4-1-2-5-11(10)22-13/h1-2,4-5,7-8H,3,6,9H2,(H,20,25)(H,21,22). The van der Waals surface area contributed by atoms with E-state index in [1.54, 1.807) is 6.07 Å². The largest absolute Gasteiger partial charge is 0.453 e. The second-order valence-corrected chi connectivity index (χ2v) is 5.74. The summed E-state index contributed by atoms with van der Waals surface area (Å²) in [5.74, 6) is 0.0559. The zero-order valence-corrected chi connectivity index (χ0v) is 13.5. The number of nitrogens with one attached hydrogen (secondary N) is 2. The second kappa shape index (κ2) is 6.28. The smallest absolute Gasteiger partial charge is 0.369 e. The third-order valence-electron chi connectivity index (χ3n) is 3.85. The van der Waals surface area contributed by atoms with E-state index >= 15 is 0 Å². The lowest BCUT2D eigenvalue weighted by Gasteiger charge is -2.07. The number of imidazole rings is 1. The Balaban J connectivity index is 1.40. The van der Waals surface area contributed by atoms with Crippen LogP contribution in [0, 0.1) is 0 Å². The first kappa shape index (κ1) is 16.3. The summed E-state index contributed by atoms with van der Waals surface area (Å²) in [5, 5.41) is 13.6. The van der Waals surface area contributed by atoms with E-state index in [4.69, 9.17) is 0 Å². The van der Waals surface area contributed by atoms with Crippen molar-refractivity contribution < 1.29 is 13.2 Å². The minimum Gasteiger partial charge on any atom is -0.369 e. The Morgan fingerprint density at radius 2 is 1.92 bits per heavy atom. The molecule has 4 aromatic rings. The van der Waals surface area contributed by atoms with Crippen LogP contribution in [0.3, 0.4) is 0 Å². The van der Waals surface area contributed by atoms with Crippen molar-refractivity contribution >= 4 is 22.5 Å². The van der Waals surface area contributed by atoms with E-state index < -0.39 is 12.0 Å². The van der Waals surface area contributed by atoms with Gasteiger partial charge in [0.25, 0.3) is 5.82 Å². The minimum atomic E-state index is -4.60. The number of rotatable bonds is 5. The van der Waals surface area contributed by atoms with Crippen LogP contribution >= 0.6 is 0 Å². The Kier molecular flexibility index (Phi) is 3.94. The molecule has 0 amide bonds. The van der Waals surface area contributed by atoms with E-state index in [1.165, 1.54) is 6.07 Å². The predicted molar refractivity (Wildman–Crippen MR) is 88.7 cm³/mol. The lowest BCUT2D eigenvalue weighted by molar-refractivity contribution is -0.146. The van der Waals surface area contributed by atoms with E-state index in [2.05, 4.69) is 30.6 Å². The molecule has 0 saturated heterocycles. The fourth-order valence-corrected chi connectivity index (χ4v) is 2.66. The van der Waals surface area contributed by atoms with Gasteiger partial charge in [0.1, 0.15) is 11.6 Å². The van der Waals surface area contributed by atoms with E-state index in [0.717, 1.165) is 23.3 Å². The summed E-state index contributed by atoms with van der Waals surface area (Å²) in [6.45, 7) is 0.541. The van der Waals surface area contributed by atoms with Crippen molar-refractivity contribution in [3.63, 3.8) is 0 Å². The fourth-order valence-electron chi connectivity index (χ4n) is 2.66. The zero-order chi connectivity index (χ0) is 18.1. The topological polar surface area (TPSA) is 83.8 Å². The van der Waals surface area contributed by atoms with Crippen molar-refractivity contribution in [3.05, 3.63) is 48.0 Å². The van der Waals surface area contributed by atoms with Gasteiger partial charge in [0, 0.05) is 13.0 Å². The summed E-state index contributed by atoms with van der Waals surface area (Å²) in [7, 11) is 0. The van der Waals surface area contributed by atoms with Crippen molar-refractivity contribution in [2.45, 2.75) is 19.0 Å². The van der Waals surface area contributed by atoms with Crippen LogP contribution in [-0.2, 0) is 12.6 Å². The van der Waals surface area contributed by atoms with Gasteiger partial charge in [-0.3, -0.25) is 0 Å². The van der Waals surface area contributed by atoms with Gasteiger partial charge in [-0.25, -0.2) is 4.98 Å². The van der Waals surface area contributed by atoms with Gasteiger partial charge in [-0.05, 0) is 30.7 Å². The lowest BCUT2D eigenvalue weighted by Crippen LogP contribution is -2.14. The number of hydrogen-bond acceptors (Lipinski definition) is 5. The van der Waals surface area contributed by atoms with Gasteiger partial charge in [-0.1, -0.05) is 12.1 Å². The van der Waals surface area contributed by atoms with Crippen LogP contribution in [0.25, 0.3) is 16.7 Å². The van der Waals surface area contributed by atoms with Gasteiger partial charge in [0.05, 0.1) is 11.0 Å². The Hall–Kier alpha value is -3.17. The number of aromatic nitrogens is 6. The maximum absolute atomic E-state index is 12.9. The molecule has 3 aromatic heterocycles. The first-order valence-electron chi connectivity index (χ1n) is 7.98. The monoisotopic (exact) mass is 361 g/mol. The van der Waals surface area contributed by atoms with Crippen LogP contribution in [0.5, 0.6) is 0 Å². The van der Waals surface area contributed by atoms with Crippen LogP contribution in [0.4, 0.5) is 19.0 Å². The van der Waals surface area contributed by atoms with Gasteiger partial charge in [-0.15, -0.1) is 15.3 Å². The van der Waals surface area contributed by atoms with Gasteiger partial charge < -0.3 is 10.3 Å². The summed E-state index contributed by atoms with van der Waals surface area (Å²) >= 11 is 0. The SMILES string of the molecule is FC(F)(F)c1nnc2ccc(NCCCc3nc4ccccc4[nH]3)nn12. The second-order valence-electron chi connectivity index (χ2n) is 5.74. The molecule has 134 valence electrons. The number of halogens is 3. The molecule has 0 aliphatic carbocycles.